The van der Waals surface area contributed by atoms with Crippen molar-refractivity contribution in [1.29, 1.82) is 5.26 Å². The average Bonchev–Trinajstić information content (AvgIpc) is 1.69. The Morgan fingerprint density at radius 2 is 2.43 bits per heavy atom. The van der Waals surface area contributed by atoms with Crippen molar-refractivity contribution in [2.75, 3.05) is 6.16 Å². The van der Waals surface area contributed by atoms with E-state index >= 15 is 0 Å². The third-order valence-electron chi connectivity index (χ3n) is 0.526. The molecule has 7 heavy (non-hydrogen) atoms. The third-order valence-corrected chi connectivity index (χ3v) is 0.859. The number of hydrogen-bond donors (Lipinski definition) is 0. The van der Waals surface area contributed by atoms with Crippen molar-refractivity contribution in [2.24, 2.45) is 0 Å². The number of hydrogen-bond acceptors (Lipinski definition) is 1. The van der Waals surface area contributed by atoms with E-state index in [-0.39, 0.29) is 0 Å². The molecule has 0 aliphatic rings. The van der Waals surface area contributed by atoms with Crippen LogP contribution in [0.5, 0.6) is 0 Å². The first-order valence-corrected chi connectivity index (χ1v) is 2.98. The molecule has 1 nitrogen and oxygen atoms in total. The minimum absolute atomic E-state index is 0.984. The molecule has 0 radical (unpaired) electrons. The van der Waals surface area contributed by atoms with E-state index in [4.69, 9.17) is 5.26 Å². The minimum Gasteiger partial charge on any atom is -0.193 e. The van der Waals surface area contributed by atoms with E-state index in [9.17, 15) is 0 Å². The number of nitrogens with zero attached hydrogens (tertiary/aromatic N) is 1. The minimum atomic E-state index is 0.984. The Labute approximate surface area is 46.2 Å². The van der Waals surface area contributed by atoms with Gasteiger partial charge in [-0.25, -0.2) is 0 Å². The summed E-state index contributed by atoms with van der Waals surface area (Å²) in [7, 11) is 2.59. The quantitative estimate of drug-likeness (QED) is 0.391. The summed E-state index contributed by atoms with van der Waals surface area (Å²) >= 11 is 0. The third kappa shape index (κ3) is 5.66. The standard InChI is InChI=1S/C5H8NP/c6-4-2-1-3-5-7/h1-2H,3,5,7H2. The monoisotopic (exact) mass is 113 g/mol. The van der Waals surface area contributed by atoms with Crippen LogP contribution >= 0.6 is 9.24 Å². The van der Waals surface area contributed by atoms with Crippen LogP contribution in [-0.2, 0) is 0 Å². The van der Waals surface area contributed by atoms with Gasteiger partial charge in [-0.15, -0.1) is 9.24 Å². The fourth-order valence-corrected chi connectivity index (χ4v) is 0.425. The van der Waals surface area contributed by atoms with Crippen molar-refractivity contribution in [2.45, 2.75) is 6.42 Å². The van der Waals surface area contributed by atoms with Crippen molar-refractivity contribution in [1.82, 2.24) is 0 Å². The fraction of sp³-hybridized carbons (Fsp3) is 0.400. The molecule has 0 aromatic carbocycles. The van der Waals surface area contributed by atoms with Crippen molar-refractivity contribution in [3.63, 3.8) is 0 Å². The molecule has 2 heteroatoms. The van der Waals surface area contributed by atoms with Crippen LogP contribution in [0.3, 0.4) is 0 Å². The number of allylic oxidation sites excluding steroid dienone is 2. The molecule has 1 atom stereocenters. The van der Waals surface area contributed by atoms with Gasteiger partial charge < -0.3 is 0 Å². The van der Waals surface area contributed by atoms with Crippen LogP contribution in [0.15, 0.2) is 12.2 Å². The maximum atomic E-state index is 7.95. The normalized spacial score (nSPS) is 9.14. The maximum absolute atomic E-state index is 7.95. The Morgan fingerprint density at radius 1 is 1.71 bits per heavy atom. The molecule has 0 aliphatic carbocycles. The summed E-state index contributed by atoms with van der Waals surface area (Å²) in [6.45, 7) is 0. The molecule has 0 heterocycles. The fourth-order valence-electron chi connectivity index (χ4n) is 0.232. The van der Waals surface area contributed by atoms with E-state index in [0.29, 0.717) is 0 Å². The molecular weight excluding hydrogens is 105 g/mol. The second-order valence-corrected chi connectivity index (χ2v) is 1.69. The van der Waals surface area contributed by atoms with Crippen LogP contribution in [0.4, 0.5) is 0 Å². The molecule has 0 bridgehead atoms. The molecule has 0 aromatic rings. The van der Waals surface area contributed by atoms with Crippen LogP contribution in [0.2, 0.25) is 0 Å². The SMILES string of the molecule is N#CC=CCCP. The lowest BCUT2D eigenvalue weighted by Crippen LogP contribution is -1.62. The molecule has 1 unspecified atom stereocenters. The van der Waals surface area contributed by atoms with Crippen molar-refractivity contribution >= 4 is 9.24 Å². The summed E-state index contributed by atoms with van der Waals surface area (Å²) in [6.07, 6.45) is 5.38. The summed E-state index contributed by atoms with van der Waals surface area (Å²) in [5.41, 5.74) is 0. The zero-order chi connectivity index (χ0) is 5.54. The number of rotatable bonds is 2. The summed E-state index contributed by atoms with van der Waals surface area (Å²) in [4.78, 5) is 0. The Balaban J connectivity index is 2.97. The lowest BCUT2D eigenvalue weighted by molar-refractivity contribution is 1.25. The van der Waals surface area contributed by atoms with Crippen LogP contribution in [0.1, 0.15) is 6.42 Å². The molecule has 0 aromatic heterocycles. The largest absolute Gasteiger partial charge is 0.193 e. The van der Waals surface area contributed by atoms with E-state index in [1.165, 1.54) is 6.08 Å². The van der Waals surface area contributed by atoms with Gasteiger partial charge in [0.1, 0.15) is 0 Å². The first-order valence-electron chi connectivity index (χ1n) is 2.16. The Morgan fingerprint density at radius 3 is 2.86 bits per heavy atom. The summed E-state index contributed by atoms with van der Waals surface area (Å²) in [6, 6.07) is 1.91. The van der Waals surface area contributed by atoms with Crippen molar-refractivity contribution in [3.8, 4) is 6.07 Å². The van der Waals surface area contributed by atoms with Gasteiger partial charge in [-0.05, 0) is 12.6 Å². The van der Waals surface area contributed by atoms with E-state index < -0.39 is 0 Å². The van der Waals surface area contributed by atoms with E-state index in [2.05, 4.69) is 9.24 Å². The Kier molecular flexibility index (Phi) is 5.39. The van der Waals surface area contributed by atoms with Gasteiger partial charge in [0.25, 0.3) is 0 Å². The Hall–Kier alpha value is -0.340. The average molecular weight is 113 g/mol. The second-order valence-electron chi connectivity index (χ2n) is 1.11. The summed E-state index contributed by atoms with van der Waals surface area (Å²) in [5, 5.41) is 7.95. The molecule has 0 amide bonds. The number of nitriles is 1. The van der Waals surface area contributed by atoms with Gasteiger partial charge in [0.2, 0.25) is 0 Å². The predicted octanol–water partition coefficient (Wildman–Crippen LogP) is 1.33. The van der Waals surface area contributed by atoms with E-state index in [0.717, 1.165) is 12.6 Å². The molecule has 0 spiro atoms. The molecule has 0 fully saturated rings. The highest BCUT2D eigenvalue weighted by atomic mass is 31.0. The van der Waals surface area contributed by atoms with Crippen LogP contribution in [-0.4, -0.2) is 6.16 Å². The van der Waals surface area contributed by atoms with Gasteiger partial charge in [0.15, 0.2) is 0 Å². The Bertz CT molecular complexity index is 90.7. The zero-order valence-electron chi connectivity index (χ0n) is 4.09. The van der Waals surface area contributed by atoms with Crippen LogP contribution in [0, 0.1) is 11.3 Å². The smallest absolute Gasteiger partial charge is 0.0908 e. The zero-order valence-corrected chi connectivity index (χ0v) is 5.25. The highest BCUT2D eigenvalue weighted by Gasteiger charge is 1.67. The lowest BCUT2D eigenvalue weighted by Gasteiger charge is -1.75. The maximum Gasteiger partial charge on any atom is 0.0908 e. The van der Waals surface area contributed by atoms with Gasteiger partial charge in [0, 0.05) is 6.08 Å². The van der Waals surface area contributed by atoms with Gasteiger partial charge in [-0.1, -0.05) is 6.08 Å². The summed E-state index contributed by atoms with van der Waals surface area (Å²) in [5.74, 6) is 0. The summed E-state index contributed by atoms with van der Waals surface area (Å²) < 4.78 is 0. The first-order chi connectivity index (χ1) is 3.41. The van der Waals surface area contributed by atoms with E-state index in [1.54, 1.807) is 0 Å². The molecule has 38 valence electrons. The molecule has 0 saturated carbocycles. The molecule has 0 saturated heterocycles. The topological polar surface area (TPSA) is 23.8 Å². The molecule has 0 aliphatic heterocycles. The van der Waals surface area contributed by atoms with Crippen LogP contribution < -0.4 is 0 Å². The molecular formula is C5H8NP. The van der Waals surface area contributed by atoms with Gasteiger partial charge >= 0.3 is 0 Å². The second kappa shape index (κ2) is 5.66. The van der Waals surface area contributed by atoms with Crippen molar-refractivity contribution < 1.29 is 0 Å². The van der Waals surface area contributed by atoms with Gasteiger partial charge in [0.05, 0.1) is 6.07 Å². The first kappa shape index (κ1) is 6.66. The molecule has 0 rings (SSSR count). The molecule has 0 N–H and O–H groups in total. The lowest BCUT2D eigenvalue weighted by atomic mass is 10.4. The highest BCUT2D eigenvalue weighted by Crippen LogP contribution is 1.87. The van der Waals surface area contributed by atoms with Crippen LogP contribution in [0.25, 0.3) is 0 Å². The highest BCUT2D eigenvalue weighted by molar-refractivity contribution is 7.16. The van der Waals surface area contributed by atoms with E-state index in [1.807, 2.05) is 12.1 Å². The predicted molar refractivity (Wildman–Crippen MR) is 33.9 cm³/mol. The van der Waals surface area contributed by atoms with Crippen molar-refractivity contribution in [3.05, 3.63) is 12.2 Å². The van der Waals surface area contributed by atoms with Gasteiger partial charge in [-0.2, -0.15) is 5.26 Å². The van der Waals surface area contributed by atoms with Gasteiger partial charge in [-0.3, -0.25) is 0 Å².